The molecule has 5 heteroatoms. The molecule has 1 unspecified atom stereocenters. The molecule has 1 aromatic carbocycles. The van der Waals surface area contributed by atoms with Crippen molar-refractivity contribution in [3.05, 3.63) is 35.4 Å². The van der Waals surface area contributed by atoms with Crippen LogP contribution in [0, 0.1) is 0 Å². The lowest BCUT2D eigenvalue weighted by molar-refractivity contribution is 0.263. The summed E-state index contributed by atoms with van der Waals surface area (Å²) in [6.07, 6.45) is 3.78. The number of sulfone groups is 1. The first kappa shape index (κ1) is 15.5. The van der Waals surface area contributed by atoms with Crippen LogP contribution >= 0.6 is 0 Å². The molecule has 0 aliphatic heterocycles. The maximum absolute atomic E-state index is 11.3. The van der Waals surface area contributed by atoms with Gasteiger partial charge in [-0.1, -0.05) is 24.3 Å². The van der Waals surface area contributed by atoms with E-state index >= 15 is 0 Å². The molecule has 1 aliphatic rings. The number of nitrogens with two attached hydrogens (primary N) is 1. The highest BCUT2D eigenvalue weighted by atomic mass is 32.2. The summed E-state index contributed by atoms with van der Waals surface area (Å²) in [7, 11) is -0.989. The van der Waals surface area contributed by atoms with Gasteiger partial charge in [-0.25, -0.2) is 8.42 Å². The maximum atomic E-state index is 11.3. The Bertz CT molecular complexity index is 553. The zero-order valence-electron chi connectivity index (χ0n) is 12.2. The highest BCUT2D eigenvalue weighted by molar-refractivity contribution is 7.90. The van der Waals surface area contributed by atoms with E-state index in [-0.39, 0.29) is 11.8 Å². The minimum Gasteiger partial charge on any atom is -0.329 e. The molecule has 0 spiro atoms. The second-order valence-corrected chi connectivity index (χ2v) is 8.02. The van der Waals surface area contributed by atoms with Gasteiger partial charge in [0.15, 0.2) is 0 Å². The van der Waals surface area contributed by atoms with Gasteiger partial charge in [0.25, 0.3) is 0 Å². The van der Waals surface area contributed by atoms with Crippen molar-refractivity contribution in [3.63, 3.8) is 0 Å². The van der Waals surface area contributed by atoms with E-state index in [9.17, 15) is 8.42 Å². The van der Waals surface area contributed by atoms with E-state index in [0.29, 0.717) is 19.0 Å². The van der Waals surface area contributed by atoms with E-state index < -0.39 is 9.84 Å². The third kappa shape index (κ3) is 4.04. The van der Waals surface area contributed by atoms with Gasteiger partial charge in [-0.3, -0.25) is 4.90 Å². The van der Waals surface area contributed by atoms with Crippen molar-refractivity contribution in [2.24, 2.45) is 5.73 Å². The molecule has 0 radical (unpaired) electrons. The fourth-order valence-corrected chi connectivity index (χ4v) is 3.21. The van der Waals surface area contributed by atoms with Crippen molar-refractivity contribution in [2.45, 2.75) is 24.8 Å². The molecule has 1 atom stereocenters. The topological polar surface area (TPSA) is 63.4 Å². The first-order valence-electron chi connectivity index (χ1n) is 7.09. The summed E-state index contributed by atoms with van der Waals surface area (Å²) < 4.78 is 22.6. The summed E-state index contributed by atoms with van der Waals surface area (Å²) in [5.74, 6) is 0.842. The minimum absolute atomic E-state index is 0.0912. The smallest absolute Gasteiger partial charge is 0.148 e. The van der Waals surface area contributed by atoms with Crippen molar-refractivity contribution >= 4 is 9.84 Å². The van der Waals surface area contributed by atoms with Gasteiger partial charge in [0.05, 0.1) is 5.75 Å². The summed E-state index contributed by atoms with van der Waals surface area (Å²) >= 11 is 0. The van der Waals surface area contributed by atoms with Crippen LogP contribution in [0.4, 0.5) is 0 Å². The molecule has 0 heterocycles. The third-order valence-electron chi connectivity index (χ3n) is 3.94. The fourth-order valence-electron chi connectivity index (χ4n) is 2.59. The van der Waals surface area contributed by atoms with Gasteiger partial charge in [0.1, 0.15) is 9.84 Å². The summed E-state index contributed by atoms with van der Waals surface area (Å²) in [6, 6.07) is 8.51. The Morgan fingerprint density at radius 3 is 2.55 bits per heavy atom. The first-order chi connectivity index (χ1) is 9.42. The number of benzene rings is 1. The van der Waals surface area contributed by atoms with Crippen LogP contribution in [0.1, 0.15) is 35.9 Å². The largest absolute Gasteiger partial charge is 0.329 e. The molecule has 112 valence electrons. The SMILES string of the molecule is CN(CCS(C)(=O)=O)C(CN)c1ccccc1C1CC1. The monoisotopic (exact) mass is 296 g/mol. The maximum Gasteiger partial charge on any atom is 0.148 e. The van der Waals surface area contributed by atoms with Crippen molar-refractivity contribution in [1.82, 2.24) is 4.90 Å². The first-order valence-corrected chi connectivity index (χ1v) is 9.15. The molecule has 20 heavy (non-hydrogen) atoms. The molecule has 2 N–H and O–H groups in total. The van der Waals surface area contributed by atoms with E-state index in [0.717, 1.165) is 0 Å². The van der Waals surface area contributed by atoms with Gasteiger partial charge >= 0.3 is 0 Å². The van der Waals surface area contributed by atoms with Crippen LogP contribution in [0.2, 0.25) is 0 Å². The van der Waals surface area contributed by atoms with Gasteiger partial charge in [-0.2, -0.15) is 0 Å². The minimum atomic E-state index is -2.94. The molecule has 2 rings (SSSR count). The number of nitrogens with zero attached hydrogens (tertiary/aromatic N) is 1. The van der Waals surface area contributed by atoms with Crippen LogP contribution in [-0.4, -0.2) is 45.5 Å². The van der Waals surface area contributed by atoms with Crippen LogP contribution < -0.4 is 5.73 Å². The lowest BCUT2D eigenvalue weighted by atomic mass is 9.96. The lowest BCUT2D eigenvalue weighted by Gasteiger charge is -2.29. The summed E-state index contributed by atoms with van der Waals surface area (Å²) in [4.78, 5) is 2.06. The Balaban J connectivity index is 2.15. The van der Waals surface area contributed by atoms with Crippen LogP contribution in [-0.2, 0) is 9.84 Å². The third-order valence-corrected chi connectivity index (χ3v) is 4.87. The molecular formula is C15H24N2O2S. The zero-order chi connectivity index (χ0) is 14.8. The van der Waals surface area contributed by atoms with Gasteiger partial charge in [0, 0.05) is 25.4 Å². The van der Waals surface area contributed by atoms with Crippen LogP contribution in [0.5, 0.6) is 0 Å². The van der Waals surface area contributed by atoms with Crippen molar-refractivity contribution in [1.29, 1.82) is 0 Å². The average molecular weight is 296 g/mol. The molecule has 1 fully saturated rings. The summed E-state index contributed by atoms with van der Waals surface area (Å²) in [6.45, 7) is 1.02. The predicted molar refractivity (Wildman–Crippen MR) is 82.6 cm³/mol. The molecule has 1 aromatic rings. The van der Waals surface area contributed by atoms with Crippen molar-refractivity contribution in [2.75, 3.05) is 32.1 Å². The Morgan fingerprint density at radius 2 is 2.00 bits per heavy atom. The number of rotatable bonds is 7. The lowest BCUT2D eigenvalue weighted by Crippen LogP contribution is -2.34. The van der Waals surface area contributed by atoms with Crippen LogP contribution in [0.25, 0.3) is 0 Å². The van der Waals surface area contributed by atoms with Crippen LogP contribution in [0.15, 0.2) is 24.3 Å². The van der Waals surface area contributed by atoms with Gasteiger partial charge in [-0.15, -0.1) is 0 Å². The van der Waals surface area contributed by atoms with E-state index in [1.54, 1.807) is 0 Å². The highest BCUT2D eigenvalue weighted by Gasteiger charge is 2.29. The van der Waals surface area contributed by atoms with E-state index in [1.165, 1.54) is 30.2 Å². The highest BCUT2D eigenvalue weighted by Crippen LogP contribution is 2.43. The Kier molecular flexibility index (Phi) is 4.83. The zero-order valence-corrected chi connectivity index (χ0v) is 13.1. The van der Waals surface area contributed by atoms with E-state index in [1.807, 2.05) is 13.1 Å². The number of likely N-dealkylation sites (N-methyl/N-ethyl adjacent to an activating group) is 1. The van der Waals surface area contributed by atoms with Gasteiger partial charge in [0.2, 0.25) is 0 Å². The predicted octanol–water partition coefficient (Wildman–Crippen LogP) is 1.54. The Morgan fingerprint density at radius 1 is 1.35 bits per heavy atom. The number of hydrogen-bond acceptors (Lipinski definition) is 4. The molecule has 0 saturated heterocycles. The number of hydrogen-bond donors (Lipinski definition) is 1. The average Bonchev–Trinajstić information content (AvgIpc) is 3.21. The molecule has 1 saturated carbocycles. The van der Waals surface area contributed by atoms with E-state index in [2.05, 4.69) is 23.1 Å². The van der Waals surface area contributed by atoms with Gasteiger partial charge in [-0.05, 0) is 36.9 Å². The van der Waals surface area contributed by atoms with Gasteiger partial charge < -0.3 is 5.73 Å². The normalized spacial score (nSPS) is 17.4. The molecule has 0 bridgehead atoms. The second-order valence-electron chi connectivity index (χ2n) is 5.77. The standard InChI is InChI=1S/C15H24N2O2S/c1-17(9-10-20(2,18)19)15(11-16)14-6-4-3-5-13(14)12-7-8-12/h3-6,12,15H,7-11,16H2,1-2H3. The molecule has 0 amide bonds. The summed E-state index contributed by atoms with van der Waals surface area (Å²) in [5, 5.41) is 0. The van der Waals surface area contributed by atoms with E-state index in [4.69, 9.17) is 5.73 Å². The van der Waals surface area contributed by atoms with Crippen molar-refractivity contribution < 1.29 is 8.42 Å². The fraction of sp³-hybridized carbons (Fsp3) is 0.600. The van der Waals surface area contributed by atoms with Crippen LogP contribution in [0.3, 0.4) is 0 Å². The molecular weight excluding hydrogens is 272 g/mol. The molecule has 4 nitrogen and oxygen atoms in total. The Labute approximate surface area is 121 Å². The second kappa shape index (κ2) is 6.24. The quantitative estimate of drug-likeness (QED) is 0.829. The Hall–Kier alpha value is -0.910. The van der Waals surface area contributed by atoms with Crippen molar-refractivity contribution in [3.8, 4) is 0 Å². The molecule has 1 aliphatic carbocycles. The summed E-state index contributed by atoms with van der Waals surface area (Å²) in [5.41, 5.74) is 8.58. The molecule has 0 aromatic heterocycles.